The van der Waals surface area contributed by atoms with Gasteiger partial charge in [0.1, 0.15) is 0 Å². The SMILES string of the molecule is C=C.[Cl-].[Cl-].[Cl-].[NH4+].[NH4+].[NH4+]. The molecule has 0 saturated heterocycles. The summed E-state index contributed by atoms with van der Waals surface area (Å²) in [4.78, 5) is 0. The van der Waals surface area contributed by atoms with Crippen LogP contribution in [-0.2, 0) is 0 Å². The number of halogens is 3. The van der Waals surface area contributed by atoms with E-state index in [0.29, 0.717) is 0 Å². The Bertz CT molecular complexity index is 12.5. The summed E-state index contributed by atoms with van der Waals surface area (Å²) in [7, 11) is 0. The molecule has 0 rings (SSSR count). The van der Waals surface area contributed by atoms with Crippen LogP contribution in [0, 0.1) is 0 Å². The highest BCUT2D eigenvalue weighted by molar-refractivity contribution is 4.22. The molecule has 0 aromatic carbocycles. The molecule has 0 radical (unpaired) electrons. The summed E-state index contributed by atoms with van der Waals surface area (Å²) in [5.74, 6) is 0. The highest BCUT2D eigenvalue weighted by atomic mass is 35.5. The second kappa shape index (κ2) is 1310. The minimum absolute atomic E-state index is 0. The first-order valence-electron chi connectivity index (χ1n) is 0.500. The molecule has 0 bridgehead atoms. The van der Waals surface area contributed by atoms with Crippen molar-refractivity contribution in [2.75, 3.05) is 0 Å². The lowest BCUT2D eigenvalue weighted by Gasteiger charge is -1.00. The lowest BCUT2D eigenvalue weighted by atomic mass is 11.3. The van der Waals surface area contributed by atoms with Gasteiger partial charge in [0, 0.05) is 0 Å². The molecule has 0 unspecified atom stereocenters. The quantitative estimate of drug-likeness (QED) is 0.314. The smallest absolute Gasteiger partial charge is 0.106 e. The zero-order valence-corrected chi connectivity index (χ0v) is 7.82. The van der Waals surface area contributed by atoms with E-state index < -0.39 is 0 Å². The van der Waals surface area contributed by atoms with Gasteiger partial charge in [-0.2, -0.15) is 0 Å². The van der Waals surface area contributed by atoms with Crippen LogP contribution in [0.5, 0.6) is 0 Å². The Kier molecular flexibility index (Phi) is 35200. The van der Waals surface area contributed by atoms with E-state index in [4.69, 9.17) is 0 Å². The van der Waals surface area contributed by atoms with Crippen LogP contribution in [0.3, 0.4) is 0 Å². The highest BCUT2D eigenvalue weighted by Gasteiger charge is 0.601. The van der Waals surface area contributed by atoms with Crippen LogP contribution >= 0.6 is 0 Å². The predicted octanol–water partition coefficient (Wildman–Crippen LogP) is -7.06. The van der Waals surface area contributed by atoms with Gasteiger partial charge in [0.15, 0.2) is 0 Å². The van der Waals surface area contributed by atoms with E-state index in [9.17, 15) is 0 Å². The predicted molar refractivity (Wildman–Crippen MR) is 29.2 cm³/mol. The maximum Gasteiger partial charge on any atom is -0.106 e. The lowest BCUT2D eigenvalue weighted by Crippen LogP contribution is -3.00. The summed E-state index contributed by atoms with van der Waals surface area (Å²) in [6.07, 6.45) is 0. The van der Waals surface area contributed by atoms with Gasteiger partial charge in [-0.05, 0) is 0 Å². The number of quaternary nitrogens is 3. The molecule has 0 aliphatic carbocycles. The maximum atomic E-state index is 3.00. The maximum absolute atomic E-state index is 3.00. The van der Waals surface area contributed by atoms with Crippen molar-refractivity contribution in [3.63, 3.8) is 0 Å². The Balaban J connectivity index is -0.000000000333. The van der Waals surface area contributed by atoms with E-state index >= 15 is 0 Å². The standard InChI is InChI=1S/C2H4.3ClH.3H3N/c1-2;;;;;;/h1-2H2;3*1H;3*1H3. The van der Waals surface area contributed by atoms with Gasteiger partial charge >= 0.3 is 0 Å². The van der Waals surface area contributed by atoms with Gasteiger partial charge in [0.2, 0.25) is 0 Å². The largest absolute Gasteiger partial charge is 1.00 e. The molecule has 0 aromatic rings. The third kappa shape index (κ3) is 815. The molecular formula is C2H16Cl3N3. The van der Waals surface area contributed by atoms with Crippen molar-refractivity contribution in [1.82, 2.24) is 18.5 Å². The normalized spacial score (nSPS) is 0.500. The van der Waals surface area contributed by atoms with E-state index in [0.717, 1.165) is 0 Å². The molecule has 0 aromatic heterocycles. The molecule has 0 amide bonds. The molecule has 8 heavy (non-hydrogen) atoms. The Morgan fingerprint density at radius 2 is 0.500 bits per heavy atom. The van der Waals surface area contributed by atoms with Gasteiger partial charge in [0.25, 0.3) is 0 Å². The molecule has 60 valence electrons. The fraction of sp³-hybridized carbons (Fsp3) is 0. The monoisotopic (exact) mass is 187 g/mol. The zero-order chi connectivity index (χ0) is 2.00. The van der Waals surface area contributed by atoms with Gasteiger partial charge in [-0.1, -0.05) is 0 Å². The van der Waals surface area contributed by atoms with Crippen LogP contribution in [0.4, 0.5) is 0 Å². The zero-order valence-electron chi connectivity index (χ0n) is 5.55. The Hall–Kier alpha value is 0.490. The third-order valence-corrected chi connectivity index (χ3v) is 0. The van der Waals surface area contributed by atoms with Gasteiger partial charge in [0.05, 0.1) is 0 Å². The van der Waals surface area contributed by atoms with Crippen molar-refractivity contribution in [3.8, 4) is 0 Å². The van der Waals surface area contributed by atoms with Crippen molar-refractivity contribution in [2.24, 2.45) is 0 Å². The van der Waals surface area contributed by atoms with E-state index in [-0.39, 0.29) is 55.7 Å². The molecule has 6 heteroatoms. The van der Waals surface area contributed by atoms with Crippen LogP contribution in [-0.4, -0.2) is 0 Å². The fourth-order valence-corrected chi connectivity index (χ4v) is 0. The molecule has 0 aliphatic rings. The van der Waals surface area contributed by atoms with Crippen molar-refractivity contribution < 1.29 is 37.2 Å². The van der Waals surface area contributed by atoms with Crippen LogP contribution < -0.4 is 55.7 Å². The van der Waals surface area contributed by atoms with E-state index in [1.807, 2.05) is 0 Å². The lowest BCUT2D eigenvalue weighted by molar-refractivity contribution is -0.00100. The van der Waals surface area contributed by atoms with Crippen LogP contribution in [0.25, 0.3) is 0 Å². The van der Waals surface area contributed by atoms with Crippen molar-refractivity contribution >= 4 is 0 Å². The Morgan fingerprint density at radius 1 is 0.500 bits per heavy atom. The summed E-state index contributed by atoms with van der Waals surface area (Å²) >= 11 is 0. The fourth-order valence-electron chi connectivity index (χ4n) is 0. The van der Waals surface area contributed by atoms with Gasteiger partial charge < -0.3 is 55.7 Å². The molecule has 3 nitrogen and oxygen atoms in total. The average molecular weight is 189 g/mol. The molecule has 12 N–H and O–H groups in total. The second-order valence-corrected chi connectivity index (χ2v) is 0. The third-order valence-electron chi connectivity index (χ3n) is 0. The summed E-state index contributed by atoms with van der Waals surface area (Å²) in [5.41, 5.74) is 0. The number of rotatable bonds is 0. The van der Waals surface area contributed by atoms with E-state index in [1.54, 1.807) is 0 Å². The molecule has 0 spiro atoms. The van der Waals surface area contributed by atoms with Gasteiger partial charge in [-0.3, -0.25) is 0 Å². The van der Waals surface area contributed by atoms with Crippen molar-refractivity contribution in [3.05, 3.63) is 13.2 Å². The molecular weight excluding hydrogens is 172 g/mol. The topological polar surface area (TPSA) is 110 Å². The van der Waals surface area contributed by atoms with Crippen molar-refractivity contribution in [1.29, 1.82) is 0 Å². The molecule has 0 fully saturated rings. The van der Waals surface area contributed by atoms with E-state index in [1.165, 1.54) is 0 Å². The van der Waals surface area contributed by atoms with Crippen LogP contribution in [0.15, 0.2) is 13.2 Å². The van der Waals surface area contributed by atoms with Crippen LogP contribution in [0.1, 0.15) is 0 Å². The number of hydrogen-bond acceptors (Lipinski definition) is 0. The second-order valence-electron chi connectivity index (χ2n) is 0. The van der Waals surface area contributed by atoms with Crippen LogP contribution in [0.2, 0.25) is 0 Å². The highest BCUT2D eigenvalue weighted by Crippen LogP contribution is 0.862. The summed E-state index contributed by atoms with van der Waals surface area (Å²) in [5, 5.41) is 0. The first-order chi connectivity index (χ1) is 1.00. The van der Waals surface area contributed by atoms with Crippen molar-refractivity contribution in [2.45, 2.75) is 0 Å². The molecule has 0 heterocycles. The minimum Gasteiger partial charge on any atom is -1.00 e. The summed E-state index contributed by atoms with van der Waals surface area (Å²) in [6.45, 7) is 6.00. The first kappa shape index (κ1) is 215. The first-order valence-corrected chi connectivity index (χ1v) is 0.500. The molecule has 0 atom stereocenters. The van der Waals surface area contributed by atoms with Gasteiger partial charge in [-0.15, -0.1) is 13.2 Å². The summed E-state index contributed by atoms with van der Waals surface area (Å²) in [6, 6.07) is 0. The Morgan fingerprint density at radius 3 is 0.500 bits per heavy atom. The number of hydrogen-bond donors (Lipinski definition) is 3. The molecule has 0 saturated carbocycles. The minimum atomic E-state index is 0. The van der Waals surface area contributed by atoms with Gasteiger partial charge in [-0.25, -0.2) is 0 Å². The van der Waals surface area contributed by atoms with E-state index in [2.05, 4.69) is 13.2 Å². The molecule has 0 aliphatic heterocycles. The summed E-state index contributed by atoms with van der Waals surface area (Å²) < 4.78 is 0. The Labute approximate surface area is 69.3 Å². The average Bonchev–Trinajstić information content (AvgIpc) is 1.00.